The van der Waals surface area contributed by atoms with E-state index in [0.717, 1.165) is 23.0 Å². The zero-order valence-corrected chi connectivity index (χ0v) is 15.3. The van der Waals surface area contributed by atoms with Crippen LogP contribution < -0.4 is 19.5 Å². The third kappa shape index (κ3) is 6.97. The first-order valence-electron chi connectivity index (χ1n) is 7.95. The van der Waals surface area contributed by atoms with E-state index < -0.39 is 0 Å². The normalized spacial score (nSPS) is 10.2. The Morgan fingerprint density at radius 3 is 2.44 bits per heavy atom. The summed E-state index contributed by atoms with van der Waals surface area (Å²) in [5.41, 5.74) is 1.17. The number of ether oxygens (including phenoxy) is 3. The van der Waals surface area contributed by atoms with E-state index in [2.05, 4.69) is 5.32 Å². The number of benzene rings is 2. The first-order chi connectivity index (χ1) is 12.2. The molecule has 2 rings (SSSR count). The van der Waals surface area contributed by atoms with Gasteiger partial charge in [0.15, 0.2) is 0 Å². The monoisotopic (exact) mass is 361 g/mol. The highest BCUT2D eigenvalue weighted by molar-refractivity contribution is 7.99. The average molecular weight is 361 g/mol. The van der Waals surface area contributed by atoms with Crippen LogP contribution in [-0.4, -0.2) is 39.0 Å². The third-order valence-electron chi connectivity index (χ3n) is 3.40. The maximum absolute atomic E-state index is 11.8. The van der Waals surface area contributed by atoms with Crippen LogP contribution in [0.4, 0.5) is 0 Å². The quantitative estimate of drug-likeness (QED) is 0.659. The molecule has 1 N–H and O–H groups in total. The smallest absolute Gasteiger partial charge is 0.230 e. The maximum Gasteiger partial charge on any atom is 0.230 e. The van der Waals surface area contributed by atoms with Crippen LogP contribution in [0.15, 0.2) is 48.5 Å². The standard InChI is InChI=1S/C19H23NO4S/c1-22-16-8-6-15(7-9-16)13-25-14-19(21)20-10-11-24-18-5-3-4-17(12-18)23-2/h3-9,12H,10-11,13-14H2,1-2H3,(H,20,21). The molecule has 0 spiro atoms. The van der Waals surface area contributed by atoms with Crippen molar-refractivity contribution in [3.8, 4) is 17.2 Å². The van der Waals surface area contributed by atoms with Crippen LogP contribution in [-0.2, 0) is 10.5 Å². The van der Waals surface area contributed by atoms with Gasteiger partial charge in [0.2, 0.25) is 5.91 Å². The van der Waals surface area contributed by atoms with Gasteiger partial charge in [-0.2, -0.15) is 0 Å². The number of nitrogens with one attached hydrogen (secondary N) is 1. The van der Waals surface area contributed by atoms with Crippen LogP contribution in [0, 0.1) is 0 Å². The number of rotatable bonds is 10. The van der Waals surface area contributed by atoms with Gasteiger partial charge in [0.1, 0.15) is 23.9 Å². The van der Waals surface area contributed by atoms with Crippen LogP contribution in [0.1, 0.15) is 5.56 Å². The number of hydrogen-bond acceptors (Lipinski definition) is 5. The topological polar surface area (TPSA) is 56.8 Å². The van der Waals surface area contributed by atoms with Crippen molar-refractivity contribution in [2.24, 2.45) is 0 Å². The number of carbonyl (C=O) groups excluding carboxylic acids is 1. The highest BCUT2D eigenvalue weighted by Gasteiger charge is 2.03. The SMILES string of the molecule is COc1ccc(CSCC(=O)NCCOc2cccc(OC)c2)cc1. The predicted octanol–water partition coefficient (Wildman–Crippen LogP) is 3.13. The molecule has 25 heavy (non-hydrogen) atoms. The van der Waals surface area contributed by atoms with E-state index >= 15 is 0 Å². The minimum Gasteiger partial charge on any atom is -0.497 e. The molecule has 0 aliphatic heterocycles. The van der Waals surface area contributed by atoms with Crippen LogP contribution >= 0.6 is 11.8 Å². The van der Waals surface area contributed by atoms with Crippen molar-refractivity contribution in [1.29, 1.82) is 0 Å². The molecule has 0 heterocycles. The Morgan fingerprint density at radius 2 is 1.72 bits per heavy atom. The van der Waals surface area contributed by atoms with E-state index in [-0.39, 0.29) is 5.91 Å². The van der Waals surface area contributed by atoms with Crippen LogP contribution in [0.2, 0.25) is 0 Å². The summed E-state index contributed by atoms with van der Waals surface area (Å²) >= 11 is 1.58. The van der Waals surface area contributed by atoms with Gasteiger partial charge in [-0.15, -0.1) is 11.8 Å². The van der Waals surface area contributed by atoms with Crippen LogP contribution in [0.5, 0.6) is 17.2 Å². The van der Waals surface area contributed by atoms with E-state index in [9.17, 15) is 4.79 Å². The molecule has 0 atom stereocenters. The van der Waals surface area contributed by atoms with Gasteiger partial charge in [0.25, 0.3) is 0 Å². The fraction of sp³-hybridized carbons (Fsp3) is 0.316. The van der Waals surface area contributed by atoms with Gasteiger partial charge in [0, 0.05) is 11.8 Å². The van der Waals surface area contributed by atoms with Gasteiger partial charge in [-0.1, -0.05) is 18.2 Å². The lowest BCUT2D eigenvalue weighted by atomic mass is 10.2. The number of hydrogen-bond donors (Lipinski definition) is 1. The highest BCUT2D eigenvalue weighted by Crippen LogP contribution is 2.18. The second-order valence-corrected chi connectivity index (χ2v) is 6.20. The molecule has 0 saturated carbocycles. The fourth-order valence-corrected chi connectivity index (χ4v) is 2.90. The first-order valence-corrected chi connectivity index (χ1v) is 9.11. The van der Waals surface area contributed by atoms with Crippen molar-refractivity contribution in [2.45, 2.75) is 5.75 Å². The molecule has 1 amide bonds. The van der Waals surface area contributed by atoms with E-state index in [0.29, 0.717) is 18.9 Å². The molecular weight excluding hydrogens is 338 g/mol. The number of amides is 1. The zero-order valence-electron chi connectivity index (χ0n) is 14.5. The van der Waals surface area contributed by atoms with Gasteiger partial charge >= 0.3 is 0 Å². The molecule has 5 nitrogen and oxygen atoms in total. The van der Waals surface area contributed by atoms with Gasteiger partial charge in [0.05, 0.1) is 26.5 Å². The summed E-state index contributed by atoms with van der Waals surface area (Å²) in [5.74, 6) is 3.53. The molecule has 2 aromatic rings. The van der Waals surface area contributed by atoms with Crippen LogP contribution in [0.3, 0.4) is 0 Å². The van der Waals surface area contributed by atoms with Crippen molar-refractivity contribution in [2.75, 3.05) is 33.1 Å². The number of methoxy groups -OCH3 is 2. The van der Waals surface area contributed by atoms with Gasteiger partial charge < -0.3 is 19.5 Å². The lowest BCUT2D eigenvalue weighted by Crippen LogP contribution is -2.29. The average Bonchev–Trinajstić information content (AvgIpc) is 2.66. The highest BCUT2D eigenvalue weighted by atomic mass is 32.2. The summed E-state index contributed by atoms with van der Waals surface area (Å²) in [4.78, 5) is 11.8. The molecule has 2 aromatic carbocycles. The molecule has 6 heteroatoms. The zero-order chi connectivity index (χ0) is 17.9. The summed E-state index contributed by atoms with van der Waals surface area (Å²) in [7, 11) is 3.26. The Balaban J connectivity index is 1.58. The number of carbonyl (C=O) groups is 1. The van der Waals surface area contributed by atoms with Gasteiger partial charge in [-0.05, 0) is 29.8 Å². The van der Waals surface area contributed by atoms with Crippen molar-refractivity contribution in [3.63, 3.8) is 0 Å². The van der Waals surface area contributed by atoms with E-state index in [1.54, 1.807) is 26.0 Å². The Bertz CT molecular complexity index is 661. The molecular formula is C19H23NO4S. The predicted molar refractivity (Wildman–Crippen MR) is 101 cm³/mol. The lowest BCUT2D eigenvalue weighted by Gasteiger charge is -2.09. The number of thioether (sulfide) groups is 1. The molecule has 134 valence electrons. The summed E-state index contributed by atoms with van der Waals surface area (Å²) < 4.78 is 15.8. The summed E-state index contributed by atoms with van der Waals surface area (Å²) in [6, 6.07) is 15.2. The molecule has 0 saturated heterocycles. The van der Waals surface area contributed by atoms with E-state index in [4.69, 9.17) is 14.2 Å². The Hall–Kier alpha value is -2.34. The molecule has 0 fully saturated rings. The molecule has 0 aromatic heterocycles. The van der Waals surface area contributed by atoms with Crippen molar-refractivity contribution < 1.29 is 19.0 Å². The van der Waals surface area contributed by atoms with Gasteiger partial charge in [-0.25, -0.2) is 0 Å². The fourth-order valence-electron chi connectivity index (χ4n) is 2.08. The first kappa shape index (κ1) is 19.0. The summed E-state index contributed by atoms with van der Waals surface area (Å²) in [6.07, 6.45) is 0. The van der Waals surface area contributed by atoms with Crippen LogP contribution in [0.25, 0.3) is 0 Å². The lowest BCUT2D eigenvalue weighted by molar-refractivity contribution is -0.118. The minimum absolute atomic E-state index is 0.00718. The Labute approximate surface area is 152 Å². The maximum atomic E-state index is 11.8. The largest absolute Gasteiger partial charge is 0.497 e. The molecule has 0 aliphatic carbocycles. The van der Waals surface area contributed by atoms with Crippen molar-refractivity contribution in [3.05, 3.63) is 54.1 Å². The second-order valence-electron chi connectivity index (χ2n) is 5.22. The molecule has 0 radical (unpaired) electrons. The van der Waals surface area contributed by atoms with E-state index in [1.807, 2.05) is 48.5 Å². The van der Waals surface area contributed by atoms with Crippen molar-refractivity contribution in [1.82, 2.24) is 5.32 Å². The molecule has 0 bridgehead atoms. The van der Waals surface area contributed by atoms with Gasteiger partial charge in [-0.3, -0.25) is 4.79 Å². The summed E-state index contributed by atoms with van der Waals surface area (Å²) in [5, 5.41) is 2.85. The Kier molecular flexibility index (Phi) is 7.98. The summed E-state index contributed by atoms with van der Waals surface area (Å²) in [6.45, 7) is 0.890. The Morgan fingerprint density at radius 1 is 1.00 bits per heavy atom. The van der Waals surface area contributed by atoms with E-state index in [1.165, 1.54) is 5.56 Å². The second kappa shape index (κ2) is 10.5. The minimum atomic E-state index is 0.00718. The molecule has 0 unspecified atom stereocenters. The third-order valence-corrected chi connectivity index (χ3v) is 4.40. The van der Waals surface area contributed by atoms with Crippen molar-refractivity contribution >= 4 is 17.7 Å². The molecule has 0 aliphatic rings.